The van der Waals surface area contributed by atoms with Crippen LogP contribution in [0.3, 0.4) is 0 Å². The third kappa shape index (κ3) is 6.23. The summed E-state index contributed by atoms with van der Waals surface area (Å²) in [4.78, 5) is 11.4. The molecule has 0 spiro atoms. The van der Waals surface area contributed by atoms with E-state index < -0.39 is 6.04 Å². The zero-order chi connectivity index (χ0) is 11.7. The average Bonchev–Trinajstić information content (AvgIpc) is 2.18. The molecule has 0 saturated carbocycles. The molecule has 5 heteroatoms. The van der Waals surface area contributed by atoms with E-state index in [1.165, 1.54) is 0 Å². The average molecular weight is 236 g/mol. The number of alkyl halides is 1. The molecule has 0 aromatic rings. The largest absolute Gasteiger partial charge is 0.480 e. The summed E-state index contributed by atoms with van der Waals surface area (Å²) in [6, 6.07) is -0.485. The third-order valence-electron chi connectivity index (χ3n) is 1.62. The van der Waals surface area contributed by atoms with Crippen LogP contribution in [0.5, 0.6) is 0 Å². The lowest BCUT2D eigenvalue weighted by Gasteiger charge is -2.18. The number of rotatable bonds is 8. The molecule has 0 radical (unpaired) electrons. The van der Waals surface area contributed by atoms with Gasteiger partial charge in [0, 0.05) is 5.88 Å². The molecule has 1 N–H and O–H groups in total. The van der Waals surface area contributed by atoms with Crippen LogP contribution in [0, 0.1) is 0 Å². The Kier molecular flexibility index (Phi) is 7.91. The van der Waals surface area contributed by atoms with E-state index in [2.05, 4.69) is 11.9 Å². The second-order valence-electron chi connectivity index (χ2n) is 2.78. The van der Waals surface area contributed by atoms with Crippen LogP contribution in [-0.4, -0.2) is 31.1 Å². The predicted octanol–water partition coefficient (Wildman–Crippen LogP) is 1.64. The lowest BCUT2D eigenvalue weighted by molar-refractivity contribution is -0.145. The first-order valence-corrected chi connectivity index (χ1v) is 5.49. The van der Waals surface area contributed by atoms with Crippen molar-refractivity contribution in [3.8, 4) is 0 Å². The van der Waals surface area contributed by atoms with Crippen molar-refractivity contribution < 1.29 is 14.3 Å². The fourth-order valence-electron chi connectivity index (χ4n) is 1.01. The minimum absolute atomic E-state index is 0.334. The van der Waals surface area contributed by atoms with Gasteiger partial charge in [0.1, 0.15) is 6.04 Å². The van der Waals surface area contributed by atoms with Crippen LogP contribution >= 0.6 is 11.6 Å². The third-order valence-corrected chi connectivity index (χ3v) is 1.84. The first kappa shape index (κ1) is 14.1. The van der Waals surface area contributed by atoms with Gasteiger partial charge in [-0.25, -0.2) is 4.79 Å². The van der Waals surface area contributed by atoms with Gasteiger partial charge in [-0.15, -0.1) is 11.6 Å². The zero-order valence-corrected chi connectivity index (χ0v) is 9.97. The number of carbonyl (C=O) groups excluding carboxylic acids is 1. The van der Waals surface area contributed by atoms with E-state index in [1.807, 2.05) is 6.92 Å². The minimum Gasteiger partial charge on any atom is -0.480 e. The number of nitrogens with one attached hydrogen (secondary N) is 1. The van der Waals surface area contributed by atoms with Gasteiger partial charge in [-0.05, 0) is 26.8 Å². The van der Waals surface area contributed by atoms with E-state index in [4.69, 9.17) is 21.1 Å². The second-order valence-corrected chi connectivity index (χ2v) is 3.16. The van der Waals surface area contributed by atoms with Crippen molar-refractivity contribution in [1.82, 2.24) is 5.32 Å². The number of hydrogen-bond donors (Lipinski definition) is 1. The van der Waals surface area contributed by atoms with Crippen molar-refractivity contribution >= 4 is 17.6 Å². The van der Waals surface area contributed by atoms with E-state index in [9.17, 15) is 4.79 Å². The summed E-state index contributed by atoms with van der Waals surface area (Å²) in [5, 5.41) is 2.83. The Morgan fingerprint density at radius 2 is 2.00 bits per heavy atom. The lowest BCUT2D eigenvalue weighted by atomic mass is 10.2. The van der Waals surface area contributed by atoms with Gasteiger partial charge in [0.05, 0.1) is 13.2 Å². The molecule has 15 heavy (non-hydrogen) atoms. The lowest BCUT2D eigenvalue weighted by Crippen LogP contribution is -2.38. The van der Waals surface area contributed by atoms with E-state index in [0.717, 1.165) is 0 Å². The van der Waals surface area contributed by atoms with Crippen molar-refractivity contribution in [2.45, 2.75) is 26.3 Å². The number of hydrogen-bond acceptors (Lipinski definition) is 4. The van der Waals surface area contributed by atoms with Crippen LogP contribution < -0.4 is 5.32 Å². The van der Waals surface area contributed by atoms with E-state index in [0.29, 0.717) is 31.4 Å². The van der Waals surface area contributed by atoms with Crippen LogP contribution in [0.1, 0.15) is 20.3 Å². The Labute approximate surface area is 95.6 Å². The maximum absolute atomic E-state index is 11.4. The maximum atomic E-state index is 11.4. The summed E-state index contributed by atoms with van der Waals surface area (Å²) in [5.41, 5.74) is 0. The molecule has 0 aromatic heterocycles. The molecule has 0 saturated heterocycles. The van der Waals surface area contributed by atoms with Gasteiger partial charge in [0.2, 0.25) is 0 Å². The maximum Gasteiger partial charge on any atom is 0.328 e. The normalized spacial score (nSPS) is 11.7. The van der Waals surface area contributed by atoms with Crippen LogP contribution in [0.15, 0.2) is 12.5 Å². The molecular weight excluding hydrogens is 218 g/mol. The minimum atomic E-state index is -0.485. The standard InChI is InChI=1S/C10H18ClNO3/c1-4-14-8(3)12-9(6-7-11)10(13)15-5-2/h9,12H,3-7H2,1-2H3. The molecule has 0 rings (SSSR count). The Balaban J connectivity index is 4.13. The number of ether oxygens (including phenoxy) is 2. The molecule has 0 fully saturated rings. The monoisotopic (exact) mass is 235 g/mol. The van der Waals surface area contributed by atoms with Gasteiger partial charge in [-0.1, -0.05) is 0 Å². The summed E-state index contributed by atoms with van der Waals surface area (Å²) in [5.74, 6) is 0.398. The topological polar surface area (TPSA) is 47.6 Å². The van der Waals surface area contributed by atoms with Gasteiger partial charge < -0.3 is 14.8 Å². The molecule has 0 amide bonds. The highest BCUT2D eigenvalue weighted by Gasteiger charge is 2.19. The quantitative estimate of drug-likeness (QED) is 0.395. The Hall–Kier alpha value is -0.900. The van der Waals surface area contributed by atoms with Crippen LogP contribution in [0.4, 0.5) is 0 Å². The van der Waals surface area contributed by atoms with Gasteiger partial charge in [0.15, 0.2) is 5.88 Å². The molecule has 1 unspecified atom stereocenters. The molecule has 0 aliphatic rings. The van der Waals surface area contributed by atoms with Crippen molar-refractivity contribution in [1.29, 1.82) is 0 Å². The number of esters is 1. The zero-order valence-electron chi connectivity index (χ0n) is 9.22. The smallest absolute Gasteiger partial charge is 0.328 e. The van der Waals surface area contributed by atoms with Crippen LogP contribution in [0.2, 0.25) is 0 Å². The van der Waals surface area contributed by atoms with Gasteiger partial charge in [-0.3, -0.25) is 0 Å². The molecule has 0 bridgehead atoms. The summed E-state index contributed by atoms with van der Waals surface area (Å²) < 4.78 is 9.97. The van der Waals surface area contributed by atoms with E-state index in [-0.39, 0.29) is 5.97 Å². The van der Waals surface area contributed by atoms with Crippen molar-refractivity contribution in [3.63, 3.8) is 0 Å². The highest BCUT2D eigenvalue weighted by molar-refractivity contribution is 6.18. The van der Waals surface area contributed by atoms with E-state index >= 15 is 0 Å². The highest BCUT2D eigenvalue weighted by atomic mass is 35.5. The number of halogens is 1. The molecule has 0 aliphatic heterocycles. The van der Waals surface area contributed by atoms with Gasteiger partial charge in [-0.2, -0.15) is 0 Å². The molecular formula is C10H18ClNO3. The fraction of sp³-hybridized carbons (Fsp3) is 0.700. The Morgan fingerprint density at radius 1 is 1.40 bits per heavy atom. The second kappa shape index (κ2) is 8.41. The van der Waals surface area contributed by atoms with Crippen molar-refractivity contribution in [3.05, 3.63) is 12.5 Å². The fourth-order valence-corrected chi connectivity index (χ4v) is 1.23. The Bertz CT molecular complexity index is 209. The Morgan fingerprint density at radius 3 is 2.47 bits per heavy atom. The first-order chi connectivity index (χ1) is 7.15. The van der Waals surface area contributed by atoms with Crippen LogP contribution in [0.25, 0.3) is 0 Å². The molecule has 0 aliphatic carbocycles. The molecule has 4 nitrogen and oxygen atoms in total. The van der Waals surface area contributed by atoms with Crippen LogP contribution in [-0.2, 0) is 14.3 Å². The summed E-state index contributed by atoms with van der Waals surface area (Å²) in [6.45, 7) is 8.07. The van der Waals surface area contributed by atoms with Gasteiger partial charge in [0.25, 0.3) is 0 Å². The SMILES string of the molecule is C=C(NC(CCCl)C(=O)OCC)OCC. The van der Waals surface area contributed by atoms with E-state index in [1.54, 1.807) is 6.92 Å². The molecule has 0 heterocycles. The summed E-state index contributed by atoms with van der Waals surface area (Å²) >= 11 is 5.58. The first-order valence-electron chi connectivity index (χ1n) is 4.96. The predicted molar refractivity (Wildman–Crippen MR) is 59.7 cm³/mol. The molecule has 88 valence electrons. The molecule has 0 aromatic carbocycles. The molecule has 1 atom stereocenters. The van der Waals surface area contributed by atoms with Crippen molar-refractivity contribution in [2.24, 2.45) is 0 Å². The summed E-state index contributed by atoms with van der Waals surface area (Å²) in [6.07, 6.45) is 0.479. The van der Waals surface area contributed by atoms with Crippen molar-refractivity contribution in [2.75, 3.05) is 19.1 Å². The highest BCUT2D eigenvalue weighted by Crippen LogP contribution is 2.01. The van der Waals surface area contributed by atoms with Gasteiger partial charge >= 0.3 is 5.97 Å². The number of carbonyl (C=O) groups is 1. The summed E-state index contributed by atoms with van der Waals surface area (Å²) in [7, 11) is 0.